The molecule has 3 heterocycles. The number of nitrogen functional groups attached to an aromatic ring is 1. The van der Waals surface area contributed by atoms with E-state index < -0.39 is 60.5 Å². The van der Waals surface area contributed by atoms with Crippen molar-refractivity contribution in [2.75, 3.05) is 33.2 Å². The molecule has 43 heavy (non-hydrogen) atoms. The number of hydrogen-bond acceptors (Lipinski definition) is 15. The molecule has 1 amide bonds. The number of rotatable bonds is 12. The molecule has 0 radical (unpaired) electrons. The molecular formula is C19H25N6O15P3. The predicted octanol–water partition coefficient (Wildman–Crippen LogP) is -0.389. The maximum atomic E-state index is 13.4. The number of hydrogen-bond donors (Lipinski definition) is 7. The van der Waals surface area contributed by atoms with Crippen molar-refractivity contribution in [3.8, 4) is 11.5 Å². The van der Waals surface area contributed by atoms with Gasteiger partial charge in [-0.05, 0) is 12.1 Å². The Kier molecular flexibility index (Phi) is 9.30. The van der Waals surface area contributed by atoms with Gasteiger partial charge in [0.2, 0.25) is 0 Å². The largest absolute Gasteiger partial charge is 0.497 e. The van der Waals surface area contributed by atoms with Gasteiger partial charge in [-0.25, -0.2) is 28.6 Å². The van der Waals surface area contributed by atoms with E-state index in [-0.39, 0.29) is 34.0 Å². The van der Waals surface area contributed by atoms with Crippen molar-refractivity contribution in [1.29, 1.82) is 0 Å². The highest BCUT2D eigenvalue weighted by Gasteiger charge is 2.53. The fourth-order valence-corrected chi connectivity index (χ4v) is 7.09. The van der Waals surface area contributed by atoms with Gasteiger partial charge >= 0.3 is 23.5 Å². The maximum absolute atomic E-state index is 13.4. The number of nitrogens with two attached hydrogens (primary N) is 1. The van der Waals surface area contributed by atoms with E-state index in [0.29, 0.717) is 0 Å². The predicted molar refractivity (Wildman–Crippen MR) is 140 cm³/mol. The molecule has 1 aliphatic rings. The number of aromatic nitrogens is 4. The molecule has 4 rings (SSSR count). The van der Waals surface area contributed by atoms with E-state index in [1.165, 1.54) is 32.4 Å². The Morgan fingerprint density at radius 1 is 1.07 bits per heavy atom. The number of fused-ring (bicyclic) bond motifs is 1. The van der Waals surface area contributed by atoms with Crippen molar-refractivity contribution in [2.45, 2.75) is 17.9 Å². The summed E-state index contributed by atoms with van der Waals surface area (Å²) in [5.41, 5.74) is 3.75. The third kappa shape index (κ3) is 7.55. The fourth-order valence-electron chi connectivity index (χ4n) is 4.06. The van der Waals surface area contributed by atoms with Crippen LogP contribution in [0.25, 0.3) is 11.2 Å². The van der Waals surface area contributed by atoms with Crippen molar-refractivity contribution in [2.24, 2.45) is 0 Å². The number of methoxy groups -OCH3 is 2. The summed E-state index contributed by atoms with van der Waals surface area (Å²) in [5, 5.41) is 14.4. The average molecular weight is 670 g/mol. The maximum Gasteiger partial charge on any atom is 0.490 e. The minimum atomic E-state index is -5.81. The molecule has 1 aromatic carbocycles. The molecule has 3 aromatic rings. The monoisotopic (exact) mass is 670 g/mol. The Bertz CT molecular complexity index is 1640. The van der Waals surface area contributed by atoms with Crippen molar-refractivity contribution in [3.05, 3.63) is 36.4 Å². The van der Waals surface area contributed by atoms with Gasteiger partial charge in [0.15, 0.2) is 17.2 Å². The second-order valence-corrected chi connectivity index (χ2v) is 13.1. The Morgan fingerprint density at radius 2 is 1.72 bits per heavy atom. The first-order chi connectivity index (χ1) is 20.0. The summed E-state index contributed by atoms with van der Waals surface area (Å²) in [6.07, 6.45) is 0.748. The van der Waals surface area contributed by atoms with Crippen molar-refractivity contribution < 1.29 is 70.5 Å². The van der Waals surface area contributed by atoms with Crippen LogP contribution < -0.4 is 20.5 Å². The Labute approximate surface area is 241 Å². The first-order valence-corrected chi connectivity index (χ1v) is 16.1. The second-order valence-electron chi connectivity index (χ2n) is 8.71. The van der Waals surface area contributed by atoms with Gasteiger partial charge in [-0.2, -0.15) is 8.62 Å². The smallest absolute Gasteiger partial charge is 0.490 e. The molecule has 1 saturated heterocycles. The summed E-state index contributed by atoms with van der Waals surface area (Å²) < 4.78 is 64.1. The van der Waals surface area contributed by atoms with Crippen LogP contribution in [0.4, 0.5) is 5.82 Å². The van der Waals surface area contributed by atoms with E-state index >= 15 is 0 Å². The molecule has 4 unspecified atom stereocenters. The number of amides is 1. The lowest BCUT2D eigenvalue weighted by Gasteiger charge is -2.32. The number of phosphoric ester groups is 1. The number of ether oxygens (including phenoxy) is 3. The van der Waals surface area contributed by atoms with Crippen LogP contribution in [0.2, 0.25) is 0 Å². The zero-order valence-electron chi connectivity index (χ0n) is 22.0. The molecule has 1 fully saturated rings. The average Bonchev–Trinajstić information content (AvgIpc) is 3.48. The van der Waals surface area contributed by atoms with E-state index in [1.54, 1.807) is 0 Å². The Morgan fingerprint density at radius 3 is 2.33 bits per heavy atom. The van der Waals surface area contributed by atoms with Crippen LogP contribution in [0.1, 0.15) is 10.4 Å². The van der Waals surface area contributed by atoms with Gasteiger partial charge in [0.25, 0.3) is 5.91 Å². The van der Waals surface area contributed by atoms with Crippen LogP contribution in [0.3, 0.4) is 0 Å². The van der Waals surface area contributed by atoms with Crippen LogP contribution >= 0.6 is 23.5 Å². The summed E-state index contributed by atoms with van der Waals surface area (Å²) >= 11 is 0. The molecule has 0 saturated carbocycles. The molecular weight excluding hydrogens is 645 g/mol. The first-order valence-electron chi connectivity index (χ1n) is 11.6. The number of phosphoric acid groups is 3. The topological polar surface area (TPSA) is 306 Å². The lowest BCUT2D eigenvalue weighted by Crippen LogP contribution is -2.56. The highest BCUT2D eigenvalue weighted by Crippen LogP contribution is 2.66. The molecule has 0 bridgehead atoms. The molecule has 5 atom stereocenters. The van der Waals surface area contributed by atoms with Gasteiger partial charge in [-0.1, -0.05) is 0 Å². The molecule has 24 heteroatoms. The van der Waals surface area contributed by atoms with Gasteiger partial charge in [-0.15, -0.1) is 0 Å². The van der Waals surface area contributed by atoms with Crippen LogP contribution in [0.15, 0.2) is 30.9 Å². The van der Waals surface area contributed by atoms with Crippen molar-refractivity contribution in [3.63, 3.8) is 0 Å². The lowest BCUT2D eigenvalue weighted by atomic mass is 10.0. The number of nitrogens with one attached hydrogen (secondary N) is 1. The van der Waals surface area contributed by atoms with E-state index in [4.69, 9.17) is 34.3 Å². The van der Waals surface area contributed by atoms with Crippen LogP contribution in [0, 0.1) is 0 Å². The quantitative estimate of drug-likeness (QED) is 0.121. The van der Waals surface area contributed by atoms with E-state index in [1.807, 2.05) is 0 Å². The van der Waals surface area contributed by atoms with Crippen LogP contribution in [-0.4, -0.2) is 89.7 Å². The first kappa shape index (κ1) is 32.9. The van der Waals surface area contributed by atoms with Gasteiger partial charge in [0.05, 0.1) is 33.8 Å². The number of carbonyl (C=O) groups excluding carboxylic acids is 1. The third-order valence-corrected chi connectivity index (χ3v) is 9.68. The molecule has 0 aliphatic carbocycles. The number of benzene rings is 1. The van der Waals surface area contributed by atoms with E-state index in [9.17, 15) is 33.4 Å². The van der Waals surface area contributed by atoms with Crippen LogP contribution in [0.5, 0.6) is 11.5 Å². The van der Waals surface area contributed by atoms with Crippen molar-refractivity contribution in [1.82, 2.24) is 24.8 Å². The van der Waals surface area contributed by atoms with Crippen molar-refractivity contribution >= 4 is 46.4 Å². The lowest BCUT2D eigenvalue weighted by molar-refractivity contribution is -0.0543. The number of carbonyl (C=O) groups is 1. The van der Waals surface area contributed by atoms with E-state index in [0.717, 1.165) is 17.2 Å². The molecule has 2 aromatic heterocycles. The zero-order valence-corrected chi connectivity index (χ0v) is 24.7. The normalized spacial score (nSPS) is 23.4. The Hall–Kier alpha value is -3.03. The number of aliphatic hydroxyl groups is 1. The van der Waals surface area contributed by atoms with Gasteiger partial charge in [-0.3, -0.25) is 13.9 Å². The van der Waals surface area contributed by atoms with E-state index in [2.05, 4.69) is 28.9 Å². The SMILES string of the molecule is COc1cc(OC)cc(C(=O)NC2[C@@H](COP(=O)(O)OP(=O)(O)OP(=O)(O)O)OCC2(O)n2cnc3c(N)ncnc32)c1. The zero-order chi connectivity index (χ0) is 31.8. The minimum Gasteiger partial charge on any atom is -0.497 e. The number of imidazole rings is 1. The van der Waals surface area contributed by atoms with Crippen LogP contribution in [-0.2, 0) is 37.3 Å². The standard InChI is InChI=1S/C19H25N6O15P3/c1-35-11-3-10(4-12(5-11)36-2)18(26)24-15-13(6-38-42(31,32)40-43(33,34)39-41(28,29)30)37-7-19(15,27)25-9-23-14-16(20)21-8-22-17(14)25/h3-5,8-9,13,15,27H,6-7H2,1-2H3,(H,24,26)(H,31,32)(H,33,34)(H2,20,21,22)(H2,28,29,30)/t13-,15?,19?/m1/s1. The number of nitrogens with zero attached hydrogens (tertiary/aromatic N) is 4. The van der Waals surface area contributed by atoms with Gasteiger partial charge in [0, 0.05) is 11.6 Å². The highest BCUT2D eigenvalue weighted by molar-refractivity contribution is 7.66. The van der Waals surface area contributed by atoms with Gasteiger partial charge < -0.3 is 49.9 Å². The summed E-state index contributed by atoms with van der Waals surface area (Å²) in [5.74, 6) is -0.341. The number of anilines is 1. The molecule has 236 valence electrons. The Balaban J connectivity index is 1.66. The van der Waals surface area contributed by atoms with Gasteiger partial charge in [0.1, 0.15) is 35.5 Å². The summed E-state index contributed by atoms with van der Waals surface area (Å²) in [7, 11) is -14.3. The molecule has 1 aliphatic heterocycles. The fraction of sp³-hybridized carbons (Fsp3) is 0.368. The summed E-state index contributed by atoms with van der Waals surface area (Å²) in [6.45, 7) is -1.60. The third-order valence-electron chi connectivity index (χ3n) is 5.88. The molecule has 21 nitrogen and oxygen atoms in total. The highest BCUT2D eigenvalue weighted by atomic mass is 31.3. The summed E-state index contributed by atoms with van der Waals surface area (Å²) in [6, 6.07) is 2.68. The molecule has 0 spiro atoms. The minimum absolute atomic E-state index is 0.000792. The summed E-state index contributed by atoms with van der Waals surface area (Å²) in [4.78, 5) is 62.1. The second kappa shape index (κ2) is 12.2. The molecule has 8 N–H and O–H groups in total.